The van der Waals surface area contributed by atoms with Crippen molar-refractivity contribution in [3.05, 3.63) is 42.0 Å². The van der Waals surface area contributed by atoms with E-state index < -0.39 is 0 Å². The average molecular weight is 365 g/mol. The second-order valence-electron chi connectivity index (χ2n) is 9.05. The van der Waals surface area contributed by atoms with Gasteiger partial charge in [0.25, 0.3) is 0 Å². The van der Waals surface area contributed by atoms with Crippen LogP contribution < -0.4 is 4.74 Å². The molecule has 1 unspecified atom stereocenters. The third-order valence-corrected chi connectivity index (χ3v) is 7.24. The summed E-state index contributed by atoms with van der Waals surface area (Å²) >= 11 is 0. The van der Waals surface area contributed by atoms with Gasteiger partial charge in [0.05, 0.1) is 0 Å². The van der Waals surface area contributed by atoms with Gasteiger partial charge in [-0.15, -0.1) is 0 Å². The molecule has 1 radical (unpaired) electrons. The molecule has 0 amide bonds. The Kier molecular flexibility index (Phi) is 4.40. The first kappa shape index (κ1) is 17.5. The van der Waals surface area contributed by atoms with Gasteiger partial charge < -0.3 is 14.2 Å². The van der Waals surface area contributed by atoms with E-state index in [1.807, 2.05) is 13.0 Å². The van der Waals surface area contributed by atoms with Crippen LogP contribution in [-0.2, 0) is 14.9 Å². The van der Waals surface area contributed by atoms with Gasteiger partial charge in [0.1, 0.15) is 5.75 Å². The van der Waals surface area contributed by atoms with Crippen molar-refractivity contribution < 1.29 is 14.2 Å². The van der Waals surface area contributed by atoms with Crippen LogP contribution in [0.2, 0.25) is 0 Å². The molecule has 3 heteroatoms. The van der Waals surface area contributed by atoms with Gasteiger partial charge in [0.15, 0.2) is 13.1 Å². The zero-order valence-corrected chi connectivity index (χ0v) is 16.4. The molecule has 4 saturated carbocycles. The lowest BCUT2D eigenvalue weighted by Crippen LogP contribution is -2.48. The van der Waals surface area contributed by atoms with E-state index in [0.717, 1.165) is 23.5 Å². The summed E-state index contributed by atoms with van der Waals surface area (Å²) in [6, 6.07) is 14.0. The maximum atomic E-state index is 6.19. The van der Waals surface area contributed by atoms with Crippen molar-refractivity contribution in [2.75, 3.05) is 13.9 Å². The van der Waals surface area contributed by atoms with E-state index in [0.29, 0.717) is 5.41 Å². The predicted octanol–water partition coefficient (Wildman–Crippen LogP) is 5.45. The molecule has 27 heavy (non-hydrogen) atoms. The van der Waals surface area contributed by atoms with Crippen LogP contribution in [0.3, 0.4) is 0 Å². The van der Waals surface area contributed by atoms with Crippen molar-refractivity contribution >= 4 is 10.8 Å². The largest absolute Gasteiger partial charge is 0.467 e. The van der Waals surface area contributed by atoms with Gasteiger partial charge in [-0.3, -0.25) is 0 Å². The Bertz CT molecular complexity index is 792. The maximum absolute atomic E-state index is 6.19. The van der Waals surface area contributed by atoms with Crippen LogP contribution >= 0.6 is 0 Å². The number of benzene rings is 2. The topological polar surface area (TPSA) is 27.7 Å². The first-order valence-electron chi connectivity index (χ1n) is 10.4. The fourth-order valence-electron chi connectivity index (χ4n) is 6.39. The zero-order chi connectivity index (χ0) is 18.4. The molecule has 4 aliphatic carbocycles. The minimum absolute atomic E-state index is 0.221. The lowest BCUT2D eigenvalue weighted by atomic mass is 9.48. The highest BCUT2D eigenvalue weighted by Crippen LogP contribution is 2.62. The minimum Gasteiger partial charge on any atom is -0.467 e. The number of fused-ring (bicyclic) bond motifs is 1. The molecule has 4 aliphatic rings. The van der Waals surface area contributed by atoms with Gasteiger partial charge in [0, 0.05) is 12.7 Å². The van der Waals surface area contributed by atoms with Gasteiger partial charge in [-0.2, -0.15) is 0 Å². The second-order valence-corrected chi connectivity index (χ2v) is 9.05. The Labute approximate surface area is 162 Å². The molecular weight excluding hydrogens is 336 g/mol. The maximum Gasteiger partial charge on any atom is 0.191 e. The molecule has 0 aliphatic heterocycles. The first-order chi connectivity index (χ1) is 13.1. The molecular formula is C24H29O3. The molecule has 1 atom stereocenters. The monoisotopic (exact) mass is 365 g/mol. The van der Waals surface area contributed by atoms with E-state index in [1.165, 1.54) is 54.9 Å². The van der Waals surface area contributed by atoms with Crippen molar-refractivity contribution in [1.82, 2.24) is 0 Å². The summed E-state index contributed by atoms with van der Waals surface area (Å²) in [6.07, 6.45) is 8.07. The normalized spacial score (nSPS) is 32.7. The Hall–Kier alpha value is -1.58. The number of hydrogen-bond donors (Lipinski definition) is 0. The molecule has 4 fully saturated rings. The molecule has 2 aromatic carbocycles. The highest BCUT2D eigenvalue weighted by atomic mass is 16.7. The highest BCUT2D eigenvalue weighted by molar-refractivity contribution is 5.85. The minimum atomic E-state index is -0.261. The Morgan fingerprint density at radius 2 is 1.78 bits per heavy atom. The van der Waals surface area contributed by atoms with Gasteiger partial charge in [-0.05, 0) is 104 Å². The molecule has 0 spiro atoms. The second kappa shape index (κ2) is 6.79. The summed E-state index contributed by atoms with van der Waals surface area (Å²) in [5.74, 6) is 3.73. The predicted molar refractivity (Wildman–Crippen MR) is 106 cm³/mol. The van der Waals surface area contributed by atoms with Gasteiger partial charge >= 0.3 is 0 Å². The molecule has 4 bridgehead atoms. The van der Waals surface area contributed by atoms with Crippen molar-refractivity contribution in [2.24, 2.45) is 17.8 Å². The van der Waals surface area contributed by atoms with Crippen molar-refractivity contribution in [3.8, 4) is 5.75 Å². The van der Waals surface area contributed by atoms with E-state index in [2.05, 4.69) is 30.3 Å². The Morgan fingerprint density at radius 1 is 1.07 bits per heavy atom. The lowest BCUT2D eigenvalue weighted by Gasteiger charge is -2.57. The molecule has 2 aromatic rings. The molecule has 0 saturated heterocycles. The number of rotatable bonds is 6. The number of methoxy groups -OCH3 is 1. The standard InChI is InChI=1S/C24H29O3/c1-16(25-2)26-15-27-23-11-21-6-4-3-5-20(21)10-22(23)24-12-17-7-18(13-24)9-19(8-17)14-24/h4-6,10-11,16-19H,7-9,12-15H2,1-2H3. The van der Waals surface area contributed by atoms with Crippen LogP contribution in [0.25, 0.3) is 10.8 Å². The summed E-state index contributed by atoms with van der Waals surface area (Å²) in [5, 5.41) is 2.47. The van der Waals surface area contributed by atoms with Gasteiger partial charge in [-0.1, -0.05) is 12.1 Å². The Balaban J connectivity index is 1.52. The third kappa shape index (κ3) is 3.15. The van der Waals surface area contributed by atoms with Crippen LogP contribution in [-0.4, -0.2) is 20.2 Å². The van der Waals surface area contributed by atoms with Crippen LogP contribution in [0.1, 0.15) is 51.0 Å². The van der Waals surface area contributed by atoms with E-state index in [9.17, 15) is 0 Å². The van der Waals surface area contributed by atoms with Crippen LogP contribution in [0.5, 0.6) is 5.75 Å². The van der Waals surface area contributed by atoms with Crippen LogP contribution in [0.4, 0.5) is 0 Å². The van der Waals surface area contributed by atoms with Crippen molar-refractivity contribution in [2.45, 2.75) is 57.2 Å². The van der Waals surface area contributed by atoms with E-state index >= 15 is 0 Å². The fourth-order valence-corrected chi connectivity index (χ4v) is 6.39. The van der Waals surface area contributed by atoms with Gasteiger partial charge in [-0.25, -0.2) is 0 Å². The Morgan fingerprint density at radius 3 is 2.44 bits per heavy atom. The highest BCUT2D eigenvalue weighted by Gasteiger charge is 2.52. The fraction of sp³-hybridized carbons (Fsp3) is 0.583. The van der Waals surface area contributed by atoms with Gasteiger partial charge in [0.2, 0.25) is 0 Å². The average Bonchev–Trinajstić information content (AvgIpc) is 2.66. The molecule has 0 N–H and O–H groups in total. The summed E-state index contributed by atoms with van der Waals surface area (Å²) in [7, 11) is 1.65. The first-order valence-corrected chi connectivity index (χ1v) is 10.4. The zero-order valence-electron chi connectivity index (χ0n) is 16.4. The quantitative estimate of drug-likeness (QED) is 0.637. The summed E-state index contributed by atoms with van der Waals surface area (Å²) in [5.41, 5.74) is 1.70. The molecule has 0 aromatic heterocycles. The summed E-state index contributed by atoms with van der Waals surface area (Å²) in [6.45, 7) is 2.11. The summed E-state index contributed by atoms with van der Waals surface area (Å²) in [4.78, 5) is 0. The summed E-state index contributed by atoms with van der Waals surface area (Å²) < 4.78 is 17.0. The van der Waals surface area contributed by atoms with Crippen molar-refractivity contribution in [1.29, 1.82) is 0 Å². The van der Waals surface area contributed by atoms with E-state index in [1.54, 1.807) is 7.11 Å². The van der Waals surface area contributed by atoms with Crippen LogP contribution in [0, 0.1) is 23.8 Å². The third-order valence-electron chi connectivity index (χ3n) is 7.24. The molecule has 6 rings (SSSR count). The SMILES string of the molecule is COC(C)OCOc1cc2cc[c]cc2cc1C12CC3CC(CC(C3)C1)C2. The lowest BCUT2D eigenvalue weighted by molar-refractivity contribution is -0.150. The van der Waals surface area contributed by atoms with Crippen LogP contribution in [0.15, 0.2) is 30.3 Å². The molecule has 143 valence electrons. The van der Waals surface area contributed by atoms with E-state index in [-0.39, 0.29) is 13.1 Å². The van der Waals surface area contributed by atoms with Crippen molar-refractivity contribution in [3.63, 3.8) is 0 Å². The number of ether oxygens (including phenoxy) is 3. The smallest absolute Gasteiger partial charge is 0.191 e. The molecule has 3 nitrogen and oxygen atoms in total. The number of hydrogen-bond acceptors (Lipinski definition) is 3. The molecule has 0 heterocycles. The van der Waals surface area contributed by atoms with E-state index in [4.69, 9.17) is 14.2 Å².